The molecule has 0 aliphatic heterocycles. The zero-order chi connectivity index (χ0) is 15.4. The number of nitrogens with one attached hydrogen (secondary N) is 2. The Bertz CT molecular complexity index is 770. The molecule has 1 heterocycles. The minimum atomic E-state index is -0.773. The van der Waals surface area contributed by atoms with E-state index in [0.29, 0.717) is 0 Å². The summed E-state index contributed by atoms with van der Waals surface area (Å²) in [5.74, 6) is -2.01. The molecule has 8 heteroatoms. The van der Waals surface area contributed by atoms with Crippen molar-refractivity contribution in [3.8, 4) is 0 Å². The van der Waals surface area contributed by atoms with Crippen LogP contribution in [0.15, 0.2) is 46.6 Å². The first-order chi connectivity index (χ1) is 10.0. The van der Waals surface area contributed by atoms with Crippen LogP contribution in [0.5, 0.6) is 0 Å². The first kappa shape index (κ1) is 14.3. The number of nitrogens with zero attached hydrogens (tertiary/aromatic N) is 1. The van der Waals surface area contributed by atoms with Gasteiger partial charge in [0.05, 0.1) is 11.3 Å². The number of anilines is 1. The Morgan fingerprint density at radius 2 is 2.14 bits per heavy atom. The lowest BCUT2D eigenvalue weighted by atomic mass is 10.1. The first-order valence-electron chi connectivity index (χ1n) is 5.79. The second-order valence-corrected chi connectivity index (χ2v) is 4.02. The molecule has 0 saturated heterocycles. The number of pyridine rings is 1. The van der Waals surface area contributed by atoms with E-state index in [0.717, 1.165) is 6.07 Å². The summed E-state index contributed by atoms with van der Waals surface area (Å²) in [6.45, 7) is 0. The number of aromatic amines is 1. The quantitative estimate of drug-likeness (QED) is 0.290. The monoisotopic (exact) mass is 290 g/mol. The van der Waals surface area contributed by atoms with Crippen LogP contribution in [0.3, 0.4) is 0 Å². The number of rotatable bonds is 3. The fourth-order valence-corrected chi connectivity index (χ4v) is 1.72. The van der Waals surface area contributed by atoms with Gasteiger partial charge in [0.25, 0.3) is 5.91 Å². The summed E-state index contributed by atoms with van der Waals surface area (Å²) < 4.78 is 13.7. The van der Waals surface area contributed by atoms with Crippen molar-refractivity contribution in [2.75, 3.05) is 5.32 Å². The molecule has 2 rings (SSSR count). The molecule has 0 fully saturated rings. The molecule has 0 atom stereocenters. The van der Waals surface area contributed by atoms with E-state index < -0.39 is 23.0 Å². The van der Waals surface area contributed by atoms with Crippen molar-refractivity contribution in [2.45, 2.75) is 0 Å². The van der Waals surface area contributed by atoms with Crippen LogP contribution >= 0.6 is 0 Å². The van der Waals surface area contributed by atoms with E-state index in [1.807, 2.05) is 0 Å². The Kier molecular flexibility index (Phi) is 3.98. The number of halogens is 1. The van der Waals surface area contributed by atoms with E-state index in [-0.39, 0.29) is 16.8 Å². The van der Waals surface area contributed by atoms with Crippen LogP contribution in [-0.2, 0) is 0 Å². The fraction of sp³-hybridized carbons (Fsp3) is 0. The Hall–Kier alpha value is -3.16. The molecule has 1 aromatic carbocycles. The standard InChI is InChI=1S/C13H11FN4O3/c14-8-2-1-3-9(11(8)12(15)18-21)17-13(20)7-6-16-5-4-10(7)19/h1-6,21H,(H2,15,18)(H,16,19)(H,17,20). The predicted octanol–water partition coefficient (Wildman–Crippen LogP) is 0.861. The number of nitrogens with two attached hydrogens (primary N) is 1. The van der Waals surface area contributed by atoms with Crippen molar-refractivity contribution < 1.29 is 14.4 Å². The van der Waals surface area contributed by atoms with E-state index in [1.165, 1.54) is 30.6 Å². The van der Waals surface area contributed by atoms with E-state index in [2.05, 4.69) is 15.5 Å². The highest BCUT2D eigenvalue weighted by atomic mass is 19.1. The van der Waals surface area contributed by atoms with Gasteiger partial charge in [0, 0.05) is 18.5 Å². The normalized spacial score (nSPS) is 11.2. The zero-order valence-corrected chi connectivity index (χ0v) is 10.6. The Morgan fingerprint density at radius 3 is 2.81 bits per heavy atom. The number of carbonyl (C=O) groups excluding carboxylic acids is 1. The van der Waals surface area contributed by atoms with Crippen molar-refractivity contribution >= 4 is 17.4 Å². The molecular formula is C13H11FN4O3. The van der Waals surface area contributed by atoms with Gasteiger partial charge in [-0.05, 0) is 12.1 Å². The lowest BCUT2D eigenvalue weighted by molar-refractivity contribution is 0.102. The van der Waals surface area contributed by atoms with Gasteiger partial charge in [0.1, 0.15) is 11.4 Å². The summed E-state index contributed by atoms with van der Waals surface area (Å²) in [5, 5.41) is 13.7. The van der Waals surface area contributed by atoms with Gasteiger partial charge in [0.15, 0.2) is 11.3 Å². The largest absolute Gasteiger partial charge is 0.409 e. The topological polar surface area (TPSA) is 121 Å². The minimum Gasteiger partial charge on any atom is -0.409 e. The number of benzene rings is 1. The molecule has 108 valence electrons. The highest BCUT2D eigenvalue weighted by molar-refractivity contribution is 6.09. The lowest BCUT2D eigenvalue weighted by Crippen LogP contribution is -2.24. The predicted molar refractivity (Wildman–Crippen MR) is 73.9 cm³/mol. The molecule has 7 nitrogen and oxygen atoms in total. The number of hydrogen-bond acceptors (Lipinski definition) is 4. The molecular weight excluding hydrogens is 279 g/mol. The van der Waals surface area contributed by atoms with Crippen molar-refractivity contribution in [3.63, 3.8) is 0 Å². The number of H-pyrrole nitrogens is 1. The maximum absolute atomic E-state index is 13.7. The Balaban J connectivity index is 2.41. The molecule has 1 aromatic heterocycles. The summed E-state index contributed by atoms with van der Waals surface area (Å²) in [7, 11) is 0. The fourth-order valence-electron chi connectivity index (χ4n) is 1.72. The summed E-state index contributed by atoms with van der Waals surface area (Å²) in [5.41, 5.74) is 4.46. The van der Waals surface area contributed by atoms with Crippen molar-refractivity contribution in [3.05, 3.63) is 63.8 Å². The molecule has 0 aliphatic carbocycles. The zero-order valence-electron chi connectivity index (χ0n) is 10.6. The molecule has 0 unspecified atom stereocenters. The van der Waals surface area contributed by atoms with Crippen LogP contribution in [-0.4, -0.2) is 21.9 Å². The van der Waals surface area contributed by atoms with Crippen LogP contribution in [0.1, 0.15) is 15.9 Å². The average Bonchev–Trinajstić information content (AvgIpc) is 2.47. The van der Waals surface area contributed by atoms with Crippen molar-refractivity contribution in [1.29, 1.82) is 0 Å². The third kappa shape index (κ3) is 2.89. The van der Waals surface area contributed by atoms with E-state index in [9.17, 15) is 14.0 Å². The minimum absolute atomic E-state index is 0.0152. The van der Waals surface area contributed by atoms with Gasteiger partial charge in [-0.15, -0.1) is 0 Å². The molecule has 1 amide bonds. The highest BCUT2D eigenvalue weighted by Crippen LogP contribution is 2.19. The van der Waals surface area contributed by atoms with Gasteiger partial charge in [0.2, 0.25) is 0 Å². The second kappa shape index (κ2) is 5.87. The SMILES string of the molecule is N/C(=N/O)c1c(F)cccc1NC(=O)c1c[nH]ccc1=O. The van der Waals surface area contributed by atoms with E-state index >= 15 is 0 Å². The molecule has 0 spiro atoms. The first-order valence-corrected chi connectivity index (χ1v) is 5.79. The highest BCUT2D eigenvalue weighted by Gasteiger charge is 2.17. The number of oxime groups is 1. The van der Waals surface area contributed by atoms with E-state index in [4.69, 9.17) is 10.9 Å². The molecule has 0 bridgehead atoms. The van der Waals surface area contributed by atoms with Crippen molar-refractivity contribution in [2.24, 2.45) is 10.9 Å². The van der Waals surface area contributed by atoms with Gasteiger partial charge in [-0.1, -0.05) is 11.2 Å². The van der Waals surface area contributed by atoms with Crippen LogP contribution in [0.2, 0.25) is 0 Å². The Morgan fingerprint density at radius 1 is 1.38 bits per heavy atom. The van der Waals surface area contributed by atoms with E-state index in [1.54, 1.807) is 0 Å². The molecule has 0 aliphatic rings. The summed E-state index contributed by atoms with van der Waals surface area (Å²) in [4.78, 5) is 26.2. The third-order valence-electron chi connectivity index (χ3n) is 2.69. The van der Waals surface area contributed by atoms with Gasteiger partial charge in [-0.25, -0.2) is 4.39 Å². The Labute approximate surface area is 117 Å². The summed E-state index contributed by atoms with van der Waals surface area (Å²) in [6, 6.07) is 4.99. The van der Waals surface area contributed by atoms with Gasteiger partial charge >= 0.3 is 0 Å². The smallest absolute Gasteiger partial charge is 0.261 e. The van der Waals surface area contributed by atoms with Crippen LogP contribution in [0.4, 0.5) is 10.1 Å². The maximum Gasteiger partial charge on any atom is 0.261 e. The molecule has 0 saturated carbocycles. The number of aromatic nitrogens is 1. The number of carbonyl (C=O) groups is 1. The number of amidine groups is 1. The lowest BCUT2D eigenvalue weighted by Gasteiger charge is -2.10. The number of amides is 1. The molecule has 5 N–H and O–H groups in total. The number of hydrogen-bond donors (Lipinski definition) is 4. The molecule has 2 aromatic rings. The summed E-state index contributed by atoms with van der Waals surface area (Å²) >= 11 is 0. The van der Waals surface area contributed by atoms with Gasteiger partial charge in [-0.3, -0.25) is 9.59 Å². The molecule has 0 radical (unpaired) electrons. The van der Waals surface area contributed by atoms with Gasteiger partial charge in [-0.2, -0.15) is 0 Å². The van der Waals surface area contributed by atoms with Crippen molar-refractivity contribution in [1.82, 2.24) is 4.98 Å². The van der Waals surface area contributed by atoms with Crippen LogP contribution < -0.4 is 16.5 Å². The average molecular weight is 290 g/mol. The second-order valence-electron chi connectivity index (χ2n) is 4.02. The molecule has 21 heavy (non-hydrogen) atoms. The van der Waals surface area contributed by atoms with Gasteiger partial charge < -0.3 is 21.2 Å². The maximum atomic E-state index is 13.7. The van der Waals surface area contributed by atoms with Crippen LogP contribution in [0, 0.1) is 5.82 Å². The van der Waals surface area contributed by atoms with Crippen LogP contribution in [0.25, 0.3) is 0 Å². The third-order valence-corrected chi connectivity index (χ3v) is 2.69. The summed E-state index contributed by atoms with van der Waals surface area (Å²) in [6.07, 6.45) is 2.60.